The molecule has 1 aliphatic heterocycles. The maximum Gasteiger partial charge on any atom is 0.241 e. The molecule has 0 aromatic heterocycles. The van der Waals surface area contributed by atoms with Crippen LogP contribution in [0, 0.1) is 0 Å². The molecule has 0 spiro atoms. The van der Waals surface area contributed by atoms with Gasteiger partial charge in [-0.15, -0.1) is 0 Å². The molecule has 146 valence electrons. The number of likely N-dealkylation sites (N-methyl/N-ethyl adjacent to an activating group) is 1. The molecule has 0 saturated carbocycles. The standard InChI is InChI=1S/C18H29N3O4S/c1-21(2)12-13-25-16-6-4-15(5-7-16)14-20-17(22)18(26(3,23)24)8-10-19-11-9-18/h4-7,19H,8-14H2,1-3H3,(H,20,22). The molecule has 0 atom stereocenters. The molecule has 2 rings (SSSR count). The predicted octanol–water partition coefficient (Wildman–Crippen LogP) is 0.410. The van der Waals surface area contributed by atoms with E-state index in [1.165, 1.54) is 0 Å². The van der Waals surface area contributed by atoms with E-state index in [9.17, 15) is 13.2 Å². The van der Waals surface area contributed by atoms with Crippen LogP contribution >= 0.6 is 0 Å². The van der Waals surface area contributed by atoms with Crippen LogP contribution in [0.25, 0.3) is 0 Å². The fourth-order valence-corrected chi connectivity index (χ4v) is 4.34. The van der Waals surface area contributed by atoms with Crippen LogP contribution in [0.3, 0.4) is 0 Å². The number of rotatable bonds is 8. The Labute approximate surface area is 156 Å². The Morgan fingerprint density at radius 3 is 2.38 bits per heavy atom. The summed E-state index contributed by atoms with van der Waals surface area (Å²) in [7, 11) is 0.483. The Morgan fingerprint density at radius 1 is 1.23 bits per heavy atom. The fraction of sp³-hybridized carbons (Fsp3) is 0.611. The molecule has 1 aromatic rings. The summed E-state index contributed by atoms with van der Waals surface area (Å²) >= 11 is 0. The number of carbonyl (C=O) groups excluding carboxylic acids is 1. The minimum Gasteiger partial charge on any atom is -0.492 e. The highest BCUT2D eigenvalue weighted by Crippen LogP contribution is 2.28. The third-order valence-electron chi connectivity index (χ3n) is 4.72. The maximum absolute atomic E-state index is 12.7. The van der Waals surface area contributed by atoms with E-state index >= 15 is 0 Å². The molecule has 1 heterocycles. The van der Waals surface area contributed by atoms with Gasteiger partial charge in [0.2, 0.25) is 5.91 Å². The van der Waals surface area contributed by atoms with Gasteiger partial charge in [-0.1, -0.05) is 12.1 Å². The number of benzene rings is 1. The smallest absolute Gasteiger partial charge is 0.241 e. The molecular weight excluding hydrogens is 354 g/mol. The van der Waals surface area contributed by atoms with E-state index in [0.717, 1.165) is 24.1 Å². The number of amides is 1. The van der Waals surface area contributed by atoms with Gasteiger partial charge in [-0.3, -0.25) is 4.79 Å². The monoisotopic (exact) mass is 383 g/mol. The average molecular weight is 384 g/mol. The van der Waals surface area contributed by atoms with E-state index in [2.05, 4.69) is 10.6 Å². The molecule has 2 N–H and O–H groups in total. The van der Waals surface area contributed by atoms with Crippen molar-refractivity contribution < 1.29 is 17.9 Å². The minimum absolute atomic E-state index is 0.293. The van der Waals surface area contributed by atoms with Crippen molar-refractivity contribution in [2.24, 2.45) is 0 Å². The summed E-state index contributed by atoms with van der Waals surface area (Å²) in [4.78, 5) is 14.7. The molecular formula is C18H29N3O4S. The van der Waals surface area contributed by atoms with Gasteiger partial charge >= 0.3 is 0 Å². The Kier molecular flexibility index (Phi) is 7.02. The van der Waals surface area contributed by atoms with Crippen molar-refractivity contribution in [2.75, 3.05) is 46.6 Å². The number of sulfone groups is 1. The zero-order valence-corrected chi connectivity index (χ0v) is 16.6. The molecule has 0 aliphatic carbocycles. The molecule has 0 radical (unpaired) electrons. The summed E-state index contributed by atoms with van der Waals surface area (Å²) in [5.41, 5.74) is 0.899. The number of nitrogens with one attached hydrogen (secondary N) is 2. The van der Waals surface area contributed by atoms with Gasteiger partial charge in [0.1, 0.15) is 12.4 Å². The van der Waals surface area contributed by atoms with E-state index < -0.39 is 20.5 Å². The third kappa shape index (κ3) is 5.18. The molecule has 0 unspecified atom stereocenters. The Balaban J connectivity index is 1.93. The van der Waals surface area contributed by atoms with Gasteiger partial charge in [0, 0.05) is 19.3 Å². The highest BCUT2D eigenvalue weighted by atomic mass is 32.2. The van der Waals surface area contributed by atoms with Gasteiger partial charge in [0.15, 0.2) is 14.6 Å². The molecule has 26 heavy (non-hydrogen) atoms. The summed E-state index contributed by atoms with van der Waals surface area (Å²) in [5, 5.41) is 5.91. The van der Waals surface area contributed by atoms with Crippen LogP contribution in [0.4, 0.5) is 0 Å². The summed E-state index contributed by atoms with van der Waals surface area (Å²) < 4.78 is 28.8. The van der Waals surface area contributed by atoms with Gasteiger partial charge in [0.25, 0.3) is 0 Å². The number of carbonyl (C=O) groups is 1. The summed E-state index contributed by atoms with van der Waals surface area (Å²) in [6, 6.07) is 7.46. The number of hydrogen-bond donors (Lipinski definition) is 2. The second-order valence-corrected chi connectivity index (χ2v) is 9.32. The Hall–Kier alpha value is -1.64. The van der Waals surface area contributed by atoms with Crippen molar-refractivity contribution in [3.05, 3.63) is 29.8 Å². The highest BCUT2D eigenvalue weighted by Gasteiger charge is 2.48. The van der Waals surface area contributed by atoms with Crippen molar-refractivity contribution in [2.45, 2.75) is 24.1 Å². The predicted molar refractivity (Wildman–Crippen MR) is 102 cm³/mol. The number of hydrogen-bond acceptors (Lipinski definition) is 6. The lowest BCUT2D eigenvalue weighted by Gasteiger charge is -2.34. The van der Waals surface area contributed by atoms with Crippen LogP contribution in [-0.4, -0.2) is 70.6 Å². The molecule has 1 fully saturated rings. The molecule has 1 aliphatic rings. The fourth-order valence-electron chi connectivity index (χ4n) is 2.99. The second-order valence-electron chi connectivity index (χ2n) is 6.99. The first-order valence-corrected chi connectivity index (χ1v) is 10.7. The summed E-state index contributed by atoms with van der Waals surface area (Å²) in [5.74, 6) is 0.362. The van der Waals surface area contributed by atoms with Crippen molar-refractivity contribution in [1.29, 1.82) is 0 Å². The van der Waals surface area contributed by atoms with Crippen molar-refractivity contribution in [1.82, 2.24) is 15.5 Å². The molecule has 1 amide bonds. The van der Waals surface area contributed by atoms with E-state index in [-0.39, 0.29) is 0 Å². The maximum atomic E-state index is 12.7. The summed E-state index contributed by atoms with van der Waals surface area (Å²) in [6.07, 6.45) is 1.75. The average Bonchev–Trinajstić information content (AvgIpc) is 2.60. The van der Waals surface area contributed by atoms with E-state index in [0.29, 0.717) is 39.1 Å². The molecule has 0 bridgehead atoms. The first-order chi connectivity index (χ1) is 12.2. The lowest BCUT2D eigenvalue weighted by Crippen LogP contribution is -2.57. The SMILES string of the molecule is CN(C)CCOc1ccc(CNC(=O)C2(S(C)(=O)=O)CCNCC2)cc1. The van der Waals surface area contributed by atoms with Crippen molar-refractivity contribution in [3.63, 3.8) is 0 Å². The van der Waals surface area contributed by atoms with Crippen LogP contribution in [0.2, 0.25) is 0 Å². The van der Waals surface area contributed by atoms with Gasteiger partial charge < -0.3 is 20.3 Å². The molecule has 1 aromatic carbocycles. The molecule has 1 saturated heterocycles. The first-order valence-electron chi connectivity index (χ1n) is 8.80. The van der Waals surface area contributed by atoms with Crippen LogP contribution in [-0.2, 0) is 21.2 Å². The Bertz CT molecular complexity index is 696. The summed E-state index contributed by atoms with van der Waals surface area (Å²) in [6.45, 7) is 2.79. The van der Waals surface area contributed by atoms with Gasteiger partial charge in [-0.2, -0.15) is 0 Å². The molecule has 7 nitrogen and oxygen atoms in total. The lowest BCUT2D eigenvalue weighted by atomic mass is 9.95. The largest absolute Gasteiger partial charge is 0.492 e. The van der Waals surface area contributed by atoms with E-state index in [4.69, 9.17) is 4.74 Å². The third-order valence-corrected chi connectivity index (χ3v) is 6.73. The normalized spacial score (nSPS) is 17.1. The van der Waals surface area contributed by atoms with Crippen LogP contribution < -0.4 is 15.4 Å². The van der Waals surface area contributed by atoms with Crippen molar-refractivity contribution >= 4 is 15.7 Å². The van der Waals surface area contributed by atoms with Gasteiger partial charge in [-0.05, 0) is 57.7 Å². The zero-order valence-electron chi connectivity index (χ0n) is 15.7. The van der Waals surface area contributed by atoms with Crippen LogP contribution in [0.15, 0.2) is 24.3 Å². The number of nitrogens with zero attached hydrogens (tertiary/aromatic N) is 1. The molecule has 8 heteroatoms. The minimum atomic E-state index is -3.49. The van der Waals surface area contributed by atoms with E-state index in [1.54, 1.807) is 0 Å². The highest BCUT2D eigenvalue weighted by molar-refractivity contribution is 7.92. The lowest BCUT2D eigenvalue weighted by molar-refractivity contribution is -0.124. The first kappa shape index (κ1) is 20.7. The van der Waals surface area contributed by atoms with Crippen molar-refractivity contribution in [3.8, 4) is 5.75 Å². The van der Waals surface area contributed by atoms with Gasteiger partial charge in [0.05, 0.1) is 0 Å². The number of piperidine rings is 1. The Morgan fingerprint density at radius 2 is 1.85 bits per heavy atom. The van der Waals surface area contributed by atoms with Crippen LogP contribution in [0.1, 0.15) is 18.4 Å². The van der Waals surface area contributed by atoms with Gasteiger partial charge in [-0.25, -0.2) is 8.42 Å². The number of ether oxygens (including phenoxy) is 1. The second kappa shape index (κ2) is 8.83. The zero-order chi connectivity index (χ0) is 19.2. The van der Waals surface area contributed by atoms with E-state index in [1.807, 2.05) is 43.3 Å². The topological polar surface area (TPSA) is 87.7 Å². The quantitative estimate of drug-likeness (QED) is 0.676. The van der Waals surface area contributed by atoms with Crippen LogP contribution in [0.5, 0.6) is 5.75 Å².